The molecular weight excluding hydrogens is 641 g/mol. The average Bonchev–Trinajstić information content (AvgIpc) is 3.56. The lowest BCUT2D eigenvalue weighted by Crippen LogP contribution is -3.00. The highest BCUT2D eigenvalue weighted by atomic mass is 35.5. The Labute approximate surface area is 275 Å². The van der Waals surface area contributed by atoms with E-state index in [2.05, 4.69) is 10.5 Å². The fourth-order valence-corrected chi connectivity index (χ4v) is 6.21. The number of anilines is 1. The van der Waals surface area contributed by atoms with Crippen LogP contribution in [0.15, 0.2) is 70.5 Å². The third-order valence-electron chi connectivity index (χ3n) is 7.49. The Morgan fingerprint density at radius 1 is 1.11 bits per heavy atom. The predicted molar refractivity (Wildman–Crippen MR) is 170 cm³/mol. The van der Waals surface area contributed by atoms with Gasteiger partial charge in [0.15, 0.2) is 16.6 Å². The molecule has 45 heavy (non-hydrogen) atoms. The summed E-state index contributed by atoms with van der Waals surface area (Å²) in [4.78, 5) is 17.3. The molecule has 0 aliphatic carbocycles. The van der Waals surface area contributed by atoms with Crippen LogP contribution >= 0.6 is 23.4 Å². The summed E-state index contributed by atoms with van der Waals surface area (Å²) in [5.74, 6) is -0.889. The molecule has 0 spiro atoms. The van der Waals surface area contributed by atoms with E-state index in [1.807, 2.05) is 57.8 Å². The Kier molecular flexibility index (Phi) is 10.2. The van der Waals surface area contributed by atoms with Crippen LogP contribution in [0.4, 0.5) is 14.6 Å². The SMILES string of the molecule is CC(C)(c1ccc2onc(N)c2c1)c1cnc(SCc2c(F)cc(C(=O)NCC[N+](C)(C)C)cc2Cl)n1-c1ccc(F)cc1.[Cl-]. The van der Waals surface area contributed by atoms with Crippen molar-refractivity contribution in [1.82, 2.24) is 20.0 Å². The Bertz CT molecular complexity index is 1810. The molecular formula is C32H34Cl2F2N6O2S. The first kappa shape index (κ1) is 34.2. The van der Waals surface area contributed by atoms with Crippen LogP contribution in [0.2, 0.25) is 5.02 Å². The van der Waals surface area contributed by atoms with Gasteiger partial charge in [0, 0.05) is 33.0 Å². The van der Waals surface area contributed by atoms with E-state index in [9.17, 15) is 9.18 Å². The Morgan fingerprint density at radius 3 is 2.49 bits per heavy atom. The molecule has 1 amide bonds. The first-order valence-electron chi connectivity index (χ1n) is 13.9. The summed E-state index contributed by atoms with van der Waals surface area (Å²) in [6.07, 6.45) is 1.76. The molecule has 0 saturated heterocycles. The average molecular weight is 676 g/mol. The number of aromatic nitrogens is 3. The first-order valence-corrected chi connectivity index (χ1v) is 15.3. The molecule has 0 unspecified atom stereocenters. The maximum atomic E-state index is 15.3. The third kappa shape index (κ3) is 7.44. The van der Waals surface area contributed by atoms with E-state index < -0.39 is 11.2 Å². The Hall–Kier alpha value is -3.64. The third-order valence-corrected chi connectivity index (χ3v) is 8.81. The number of carbonyl (C=O) groups is 1. The van der Waals surface area contributed by atoms with Crippen molar-refractivity contribution in [2.45, 2.75) is 30.2 Å². The van der Waals surface area contributed by atoms with Crippen LogP contribution in [0.3, 0.4) is 0 Å². The van der Waals surface area contributed by atoms with Gasteiger partial charge in [0.05, 0.1) is 51.5 Å². The van der Waals surface area contributed by atoms with Gasteiger partial charge in [-0.25, -0.2) is 13.8 Å². The number of nitrogens with one attached hydrogen (secondary N) is 1. The standard InChI is InChI=1S/C32H33ClF2N6O2S.ClH/c1-32(2,20-6-11-27-23(16-20)29(36)39-43-27)28-17-38-31(40(28)22-9-7-21(34)8-10-22)44-18-24-25(33)14-19(15-26(24)35)30(42)37-12-13-41(3,4)5;/h6-11,14-17H,12-13,18H2,1-5H3,(H2-,36,37,39,42);1H. The molecule has 5 aromatic rings. The monoisotopic (exact) mass is 674 g/mol. The molecule has 0 aliphatic rings. The number of imidazole rings is 1. The van der Waals surface area contributed by atoms with Gasteiger partial charge in [-0.05, 0) is 54.1 Å². The number of rotatable bonds is 10. The summed E-state index contributed by atoms with van der Waals surface area (Å²) in [5.41, 5.74) is 8.85. The lowest BCUT2D eigenvalue weighted by atomic mass is 9.81. The minimum atomic E-state index is -0.595. The number of fused-ring (bicyclic) bond motifs is 1. The number of hydrogen-bond donors (Lipinski definition) is 2. The molecule has 238 valence electrons. The van der Waals surface area contributed by atoms with E-state index in [0.717, 1.165) is 17.8 Å². The number of likely N-dealkylation sites (N-methyl/N-ethyl adjacent to an activating group) is 1. The quantitative estimate of drug-likeness (QED) is 0.174. The van der Waals surface area contributed by atoms with Gasteiger partial charge >= 0.3 is 0 Å². The van der Waals surface area contributed by atoms with Gasteiger partial charge in [-0.1, -0.05) is 48.4 Å². The van der Waals surface area contributed by atoms with Crippen molar-refractivity contribution in [2.75, 3.05) is 40.0 Å². The Morgan fingerprint density at radius 2 is 1.82 bits per heavy atom. The number of nitrogens with two attached hydrogens (primary N) is 1. The lowest BCUT2D eigenvalue weighted by molar-refractivity contribution is -0.869. The highest BCUT2D eigenvalue weighted by molar-refractivity contribution is 7.98. The van der Waals surface area contributed by atoms with Crippen molar-refractivity contribution < 1.29 is 35.0 Å². The van der Waals surface area contributed by atoms with Crippen LogP contribution in [0.25, 0.3) is 16.7 Å². The maximum Gasteiger partial charge on any atom is 0.251 e. The van der Waals surface area contributed by atoms with E-state index >= 15 is 4.39 Å². The summed E-state index contributed by atoms with van der Waals surface area (Å²) in [6.45, 7) is 5.26. The topological polar surface area (TPSA) is 99.0 Å². The van der Waals surface area contributed by atoms with Crippen LogP contribution in [0.5, 0.6) is 0 Å². The zero-order valence-corrected chi connectivity index (χ0v) is 27.8. The first-order chi connectivity index (χ1) is 20.7. The van der Waals surface area contributed by atoms with Gasteiger partial charge in [0.1, 0.15) is 11.6 Å². The molecule has 3 aromatic carbocycles. The maximum absolute atomic E-state index is 15.3. The smallest absolute Gasteiger partial charge is 0.251 e. The van der Waals surface area contributed by atoms with Crippen LogP contribution in [-0.4, -0.2) is 59.3 Å². The predicted octanol–water partition coefficient (Wildman–Crippen LogP) is 3.59. The minimum absolute atomic E-state index is 0. The van der Waals surface area contributed by atoms with E-state index in [-0.39, 0.29) is 46.0 Å². The number of carbonyl (C=O) groups excluding carboxylic acids is 1. The van der Waals surface area contributed by atoms with Gasteiger partial charge in [-0.15, -0.1) is 0 Å². The van der Waals surface area contributed by atoms with Crippen molar-refractivity contribution in [1.29, 1.82) is 0 Å². The Balaban J connectivity index is 0.00000461. The molecule has 2 aromatic heterocycles. The van der Waals surface area contributed by atoms with E-state index in [1.54, 1.807) is 18.3 Å². The van der Waals surface area contributed by atoms with Gasteiger partial charge in [-0.2, -0.15) is 0 Å². The highest BCUT2D eigenvalue weighted by Gasteiger charge is 2.30. The molecule has 0 fully saturated rings. The molecule has 0 atom stereocenters. The number of amides is 1. The van der Waals surface area contributed by atoms with Crippen molar-refractivity contribution >= 4 is 46.1 Å². The summed E-state index contributed by atoms with van der Waals surface area (Å²) in [6, 6.07) is 14.5. The van der Waals surface area contributed by atoms with Gasteiger partial charge in [0.25, 0.3) is 5.91 Å². The van der Waals surface area contributed by atoms with Crippen LogP contribution in [-0.2, 0) is 11.2 Å². The second kappa shape index (κ2) is 13.4. The van der Waals surface area contributed by atoms with Crippen molar-refractivity contribution in [3.05, 3.63) is 99.8 Å². The molecule has 2 heterocycles. The number of nitrogen functional groups attached to an aromatic ring is 1. The molecule has 5 rings (SSSR count). The van der Waals surface area contributed by atoms with Crippen LogP contribution < -0.4 is 23.5 Å². The van der Waals surface area contributed by atoms with Gasteiger partial charge < -0.3 is 32.5 Å². The van der Waals surface area contributed by atoms with E-state index in [4.69, 9.17) is 26.8 Å². The zero-order chi connectivity index (χ0) is 31.8. The summed E-state index contributed by atoms with van der Waals surface area (Å²) in [7, 11) is 6.07. The second-order valence-electron chi connectivity index (χ2n) is 12.1. The number of thioether (sulfide) groups is 1. The number of benzene rings is 3. The number of quaternary nitrogens is 1. The molecule has 3 N–H and O–H groups in total. The molecule has 0 saturated carbocycles. The fraction of sp³-hybridized carbons (Fsp3) is 0.281. The van der Waals surface area contributed by atoms with Crippen LogP contribution in [0.1, 0.15) is 41.0 Å². The number of halogens is 4. The van der Waals surface area contributed by atoms with Crippen LogP contribution in [0, 0.1) is 11.6 Å². The van der Waals surface area contributed by atoms with Crippen molar-refractivity contribution in [2.24, 2.45) is 0 Å². The highest BCUT2D eigenvalue weighted by Crippen LogP contribution is 2.39. The minimum Gasteiger partial charge on any atom is -1.00 e. The van der Waals surface area contributed by atoms with Gasteiger partial charge in [0.2, 0.25) is 0 Å². The second-order valence-corrected chi connectivity index (χ2v) is 13.5. The number of hydrogen-bond acceptors (Lipinski definition) is 6. The molecule has 0 bridgehead atoms. The summed E-state index contributed by atoms with van der Waals surface area (Å²) in [5, 5.41) is 8.08. The lowest BCUT2D eigenvalue weighted by Gasteiger charge is -2.27. The normalized spacial score (nSPS) is 11.9. The zero-order valence-electron chi connectivity index (χ0n) is 25.5. The number of nitrogens with zero attached hydrogens (tertiary/aromatic N) is 4. The molecule has 13 heteroatoms. The molecule has 8 nitrogen and oxygen atoms in total. The van der Waals surface area contributed by atoms with Gasteiger partial charge in [-0.3, -0.25) is 9.36 Å². The largest absolute Gasteiger partial charge is 1.00 e. The molecule has 0 aliphatic heterocycles. The molecule has 0 radical (unpaired) electrons. The van der Waals surface area contributed by atoms with E-state index in [0.29, 0.717) is 38.7 Å². The summed E-state index contributed by atoms with van der Waals surface area (Å²) < 4.78 is 37.1. The van der Waals surface area contributed by atoms with Crippen molar-refractivity contribution in [3.63, 3.8) is 0 Å². The fourth-order valence-electron chi connectivity index (χ4n) is 4.83. The summed E-state index contributed by atoms with van der Waals surface area (Å²) >= 11 is 7.79. The van der Waals surface area contributed by atoms with E-state index in [1.165, 1.54) is 36.0 Å². The van der Waals surface area contributed by atoms with Crippen molar-refractivity contribution in [3.8, 4) is 5.69 Å².